The van der Waals surface area contributed by atoms with Crippen molar-refractivity contribution in [1.82, 2.24) is 10.2 Å². The highest BCUT2D eigenvalue weighted by molar-refractivity contribution is 7.92. The highest BCUT2D eigenvalue weighted by atomic mass is 32.2. The molecule has 0 spiro atoms. The summed E-state index contributed by atoms with van der Waals surface area (Å²) in [4.78, 5) is 29.7. The van der Waals surface area contributed by atoms with Crippen molar-refractivity contribution in [3.8, 4) is 0 Å². The molecule has 1 N–H and O–H groups in total. The molecule has 0 unspecified atom stereocenters. The number of rotatable bonds is 14. The number of hydrogen-bond donors (Lipinski definition) is 1. The van der Waals surface area contributed by atoms with Crippen LogP contribution in [0.1, 0.15) is 42.0 Å². The number of nitrogens with one attached hydrogen (secondary N) is 1. The van der Waals surface area contributed by atoms with Crippen LogP contribution in [0.3, 0.4) is 0 Å². The van der Waals surface area contributed by atoms with Crippen LogP contribution < -0.4 is 9.62 Å². The first-order chi connectivity index (χ1) is 21.6. The minimum Gasteiger partial charge on any atom is -0.354 e. The second-order valence-electron chi connectivity index (χ2n) is 11.1. The number of carbonyl (C=O) groups excluding carboxylic acids is 2. The van der Waals surface area contributed by atoms with Crippen molar-refractivity contribution in [2.45, 2.75) is 57.5 Å². The number of anilines is 1. The number of carbonyl (C=O) groups is 2. The molecule has 0 saturated carbocycles. The number of amides is 2. The van der Waals surface area contributed by atoms with Crippen molar-refractivity contribution in [2.75, 3.05) is 17.4 Å². The van der Waals surface area contributed by atoms with E-state index in [-0.39, 0.29) is 23.8 Å². The van der Waals surface area contributed by atoms with Crippen molar-refractivity contribution in [1.29, 1.82) is 0 Å². The summed E-state index contributed by atoms with van der Waals surface area (Å²) in [5.74, 6) is -1.33. The minimum absolute atomic E-state index is 0.0238. The maximum absolute atomic E-state index is 14.5. The standard InChI is InChI=1S/C36H40FN3O4S/c1-4-5-23-38-36(42)34(24-29-12-7-6-8-13-29)39(25-30-17-19-31(37)20-18-30)35(41)26-40(33-14-10-9-11-28(33)3)45(43,44)32-21-15-27(2)16-22-32/h6-22,34H,4-5,23-26H2,1-3H3,(H,38,42)/t34-/m0/s1. The largest absolute Gasteiger partial charge is 0.354 e. The van der Waals surface area contributed by atoms with Gasteiger partial charge < -0.3 is 10.2 Å². The first kappa shape index (κ1) is 33.4. The Kier molecular flexibility index (Phi) is 11.5. The van der Waals surface area contributed by atoms with Gasteiger partial charge in [-0.1, -0.05) is 91.7 Å². The lowest BCUT2D eigenvalue weighted by molar-refractivity contribution is -0.140. The van der Waals surface area contributed by atoms with Gasteiger partial charge in [0.15, 0.2) is 0 Å². The number of benzene rings is 4. The van der Waals surface area contributed by atoms with Gasteiger partial charge in [0.2, 0.25) is 11.8 Å². The lowest BCUT2D eigenvalue weighted by Gasteiger charge is -2.34. The number of unbranched alkanes of at least 4 members (excludes halogenated alkanes) is 1. The maximum atomic E-state index is 14.5. The van der Waals surface area contributed by atoms with Gasteiger partial charge in [0.05, 0.1) is 10.6 Å². The zero-order chi connectivity index (χ0) is 32.4. The van der Waals surface area contributed by atoms with Gasteiger partial charge in [0.1, 0.15) is 18.4 Å². The zero-order valence-corrected chi connectivity index (χ0v) is 26.8. The number of hydrogen-bond acceptors (Lipinski definition) is 4. The van der Waals surface area contributed by atoms with Crippen LogP contribution in [0, 0.1) is 19.7 Å². The Bertz CT molecular complexity index is 1680. The van der Waals surface area contributed by atoms with Crippen LogP contribution in [0.2, 0.25) is 0 Å². The first-order valence-electron chi connectivity index (χ1n) is 15.1. The van der Waals surface area contributed by atoms with Gasteiger partial charge in [-0.3, -0.25) is 13.9 Å². The molecule has 45 heavy (non-hydrogen) atoms. The molecule has 0 aromatic heterocycles. The summed E-state index contributed by atoms with van der Waals surface area (Å²) in [5, 5.41) is 2.96. The number of aryl methyl sites for hydroxylation is 2. The number of nitrogens with zero attached hydrogens (tertiary/aromatic N) is 2. The summed E-state index contributed by atoms with van der Waals surface area (Å²) < 4.78 is 43.2. The first-order valence-corrected chi connectivity index (χ1v) is 16.5. The number of sulfonamides is 1. The van der Waals surface area contributed by atoms with Crippen molar-refractivity contribution >= 4 is 27.5 Å². The molecule has 0 fully saturated rings. The summed E-state index contributed by atoms with van der Waals surface area (Å²) in [6.45, 7) is 5.54. The number of para-hydroxylation sites is 1. The average Bonchev–Trinajstić information content (AvgIpc) is 3.03. The van der Waals surface area contributed by atoms with E-state index in [0.29, 0.717) is 23.4 Å². The third-order valence-corrected chi connectivity index (χ3v) is 9.41. The molecule has 0 aliphatic carbocycles. The van der Waals surface area contributed by atoms with Crippen molar-refractivity contribution in [3.05, 3.63) is 131 Å². The Morgan fingerprint density at radius 1 is 0.822 bits per heavy atom. The SMILES string of the molecule is CCCCNC(=O)[C@H](Cc1ccccc1)N(Cc1ccc(F)cc1)C(=O)CN(c1ccccc1C)S(=O)(=O)c1ccc(C)cc1. The fourth-order valence-electron chi connectivity index (χ4n) is 5.04. The molecular formula is C36H40FN3O4S. The molecule has 236 valence electrons. The molecule has 0 radical (unpaired) electrons. The molecule has 4 rings (SSSR count). The van der Waals surface area contributed by atoms with Crippen LogP contribution in [-0.2, 0) is 32.6 Å². The molecule has 0 aliphatic rings. The van der Waals surface area contributed by atoms with Gasteiger partial charge in [-0.15, -0.1) is 0 Å². The molecule has 2 amide bonds. The van der Waals surface area contributed by atoms with Crippen LogP contribution in [0.15, 0.2) is 108 Å². The molecule has 0 saturated heterocycles. The van der Waals surface area contributed by atoms with E-state index in [1.807, 2.05) is 44.2 Å². The van der Waals surface area contributed by atoms with Gasteiger partial charge in [-0.2, -0.15) is 0 Å². The zero-order valence-electron chi connectivity index (χ0n) is 25.9. The maximum Gasteiger partial charge on any atom is 0.264 e. The van der Waals surface area contributed by atoms with E-state index in [0.717, 1.165) is 28.3 Å². The summed E-state index contributed by atoms with van der Waals surface area (Å²) >= 11 is 0. The van der Waals surface area contributed by atoms with Gasteiger partial charge >= 0.3 is 0 Å². The predicted octanol–water partition coefficient (Wildman–Crippen LogP) is 6.19. The predicted molar refractivity (Wildman–Crippen MR) is 176 cm³/mol. The Balaban J connectivity index is 1.79. The molecule has 0 aliphatic heterocycles. The topological polar surface area (TPSA) is 86.8 Å². The fraction of sp³-hybridized carbons (Fsp3) is 0.278. The Labute approximate surface area is 265 Å². The molecular weight excluding hydrogens is 589 g/mol. The van der Waals surface area contributed by atoms with Gasteiger partial charge in [-0.25, -0.2) is 12.8 Å². The summed E-state index contributed by atoms with van der Waals surface area (Å²) in [6.07, 6.45) is 1.86. The normalized spacial score (nSPS) is 11.9. The van der Waals surface area contributed by atoms with Crippen LogP contribution in [0.25, 0.3) is 0 Å². The second-order valence-corrected chi connectivity index (χ2v) is 13.0. The van der Waals surface area contributed by atoms with E-state index in [1.54, 1.807) is 55.5 Å². The quantitative estimate of drug-likeness (QED) is 0.169. The molecule has 4 aromatic carbocycles. The van der Waals surface area contributed by atoms with Gasteiger partial charge in [-0.05, 0) is 67.3 Å². The van der Waals surface area contributed by atoms with E-state index >= 15 is 0 Å². The smallest absolute Gasteiger partial charge is 0.264 e. The minimum atomic E-state index is -4.19. The van der Waals surface area contributed by atoms with Crippen LogP contribution >= 0.6 is 0 Å². The molecule has 0 heterocycles. The van der Waals surface area contributed by atoms with E-state index in [2.05, 4.69) is 5.32 Å². The van der Waals surface area contributed by atoms with Crippen LogP contribution in [0.5, 0.6) is 0 Å². The summed E-state index contributed by atoms with van der Waals surface area (Å²) in [5.41, 5.74) is 3.38. The lowest BCUT2D eigenvalue weighted by atomic mass is 10.0. The highest BCUT2D eigenvalue weighted by Crippen LogP contribution is 2.28. The summed E-state index contributed by atoms with van der Waals surface area (Å²) in [7, 11) is -4.19. The van der Waals surface area contributed by atoms with E-state index in [9.17, 15) is 22.4 Å². The third-order valence-electron chi connectivity index (χ3n) is 7.64. The second kappa shape index (κ2) is 15.5. The Hall–Kier alpha value is -4.50. The van der Waals surface area contributed by atoms with E-state index in [4.69, 9.17) is 0 Å². The van der Waals surface area contributed by atoms with Crippen molar-refractivity contribution < 1.29 is 22.4 Å². The van der Waals surface area contributed by atoms with Gasteiger partial charge in [0, 0.05) is 19.5 Å². The molecule has 0 bridgehead atoms. The van der Waals surface area contributed by atoms with Crippen molar-refractivity contribution in [2.24, 2.45) is 0 Å². The average molecular weight is 630 g/mol. The molecule has 9 heteroatoms. The highest BCUT2D eigenvalue weighted by Gasteiger charge is 2.35. The number of halogens is 1. The van der Waals surface area contributed by atoms with E-state index < -0.39 is 34.3 Å². The van der Waals surface area contributed by atoms with Gasteiger partial charge in [0.25, 0.3) is 10.0 Å². The molecule has 1 atom stereocenters. The molecule has 4 aromatic rings. The molecule has 7 nitrogen and oxygen atoms in total. The lowest BCUT2D eigenvalue weighted by Crippen LogP contribution is -2.53. The third kappa shape index (κ3) is 8.79. The summed E-state index contributed by atoms with van der Waals surface area (Å²) in [6, 6.07) is 27.6. The monoisotopic (exact) mass is 629 g/mol. The van der Waals surface area contributed by atoms with Crippen LogP contribution in [-0.4, -0.2) is 44.3 Å². The van der Waals surface area contributed by atoms with Crippen LogP contribution in [0.4, 0.5) is 10.1 Å². The van der Waals surface area contributed by atoms with Crippen molar-refractivity contribution in [3.63, 3.8) is 0 Å². The van der Waals surface area contributed by atoms with E-state index in [1.165, 1.54) is 29.2 Å². The Morgan fingerprint density at radius 2 is 1.47 bits per heavy atom. The fourth-order valence-corrected chi connectivity index (χ4v) is 6.52. The Morgan fingerprint density at radius 3 is 2.11 bits per heavy atom.